The Morgan fingerprint density at radius 2 is 2.10 bits per heavy atom. The van der Waals surface area contributed by atoms with Crippen LogP contribution in [0.2, 0.25) is 0 Å². The van der Waals surface area contributed by atoms with Gasteiger partial charge in [0.05, 0.1) is 23.6 Å². The molecule has 1 aliphatic rings. The molecule has 1 aliphatic heterocycles. The molecule has 166 valence electrons. The second-order valence-corrected chi connectivity index (χ2v) is 7.16. The Bertz CT molecular complexity index is 974. The number of halogens is 2. The van der Waals surface area contributed by atoms with E-state index in [0.29, 0.717) is 23.5 Å². The molecule has 0 bridgehead atoms. The highest BCUT2D eigenvalue weighted by Gasteiger charge is 2.32. The van der Waals surface area contributed by atoms with Gasteiger partial charge in [0.25, 0.3) is 0 Å². The summed E-state index contributed by atoms with van der Waals surface area (Å²) in [5.41, 5.74) is 1.88. The zero-order valence-corrected chi connectivity index (χ0v) is 19.6. The summed E-state index contributed by atoms with van der Waals surface area (Å²) in [6, 6.07) is 4.74. The Labute approximate surface area is 193 Å². The first-order valence-corrected chi connectivity index (χ1v) is 11.1. The number of allylic oxidation sites excluding steroid dienone is 2. The number of rotatable bonds is 5. The van der Waals surface area contributed by atoms with Crippen molar-refractivity contribution in [2.75, 3.05) is 5.88 Å². The van der Waals surface area contributed by atoms with Gasteiger partial charge in [-0.25, -0.2) is 4.39 Å². The number of hydrogen-bond acceptors (Lipinski definition) is 3. The Hall–Kier alpha value is -2.67. The minimum absolute atomic E-state index is 0.0457. The molecule has 0 spiro atoms. The Kier molecular flexibility index (Phi) is 13.9. The van der Waals surface area contributed by atoms with Crippen molar-refractivity contribution in [3.05, 3.63) is 53.3 Å². The lowest BCUT2D eigenvalue weighted by atomic mass is 9.99. The van der Waals surface area contributed by atoms with Gasteiger partial charge in [0.1, 0.15) is 5.82 Å². The predicted molar refractivity (Wildman–Crippen MR) is 129 cm³/mol. The van der Waals surface area contributed by atoms with Crippen molar-refractivity contribution in [1.29, 1.82) is 5.26 Å². The standard InChI is InChI=1S/C17H15FN2O2S.C3H5Cl.C2H6.C2H2/c1-2-5-23-17-15-11(9-19)6-12(18)8-13(15)20-4-3-10(16(17)20)7-14(21)22;1-2-3-4;2*1-2/h2,5-6,8,10H,3-4,7H2,1H3,(H,21,22);2H,1,3H2;1-2H3;1-2H/b5-2+;;;. The number of carboxylic acids is 1. The molecular formula is C24H28ClFN2O2S. The van der Waals surface area contributed by atoms with Crippen LogP contribution in [0.5, 0.6) is 0 Å². The molecular weight excluding hydrogens is 435 g/mol. The average molecular weight is 463 g/mol. The summed E-state index contributed by atoms with van der Waals surface area (Å²) < 4.78 is 15.8. The zero-order valence-electron chi connectivity index (χ0n) is 18.1. The van der Waals surface area contributed by atoms with E-state index in [9.17, 15) is 14.4 Å². The van der Waals surface area contributed by atoms with Crippen LogP contribution in [-0.4, -0.2) is 21.5 Å². The molecule has 0 fully saturated rings. The number of thioether (sulfide) groups is 1. The van der Waals surface area contributed by atoms with Crippen LogP contribution in [0.1, 0.15) is 50.8 Å². The van der Waals surface area contributed by atoms with Crippen molar-refractivity contribution in [2.24, 2.45) is 0 Å². The normalized spacial score (nSPS) is 13.5. The van der Waals surface area contributed by atoms with Crippen molar-refractivity contribution < 1.29 is 14.3 Å². The lowest BCUT2D eigenvalue weighted by Gasteiger charge is -2.09. The fourth-order valence-corrected chi connectivity index (χ4v) is 4.25. The number of nitrogens with zero attached hydrogens (tertiary/aromatic N) is 2. The Morgan fingerprint density at radius 1 is 1.48 bits per heavy atom. The molecule has 0 aliphatic carbocycles. The van der Waals surface area contributed by atoms with Gasteiger partial charge >= 0.3 is 5.97 Å². The van der Waals surface area contributed by atoms with Crippen LogP contribution < -0.4 is 0 Å². The number of alkyl halides is 1. The maximum absolute atomic E-state index is 13.8. The number of fused-ring (bicyclic) bond motifs is 3. The summed E-state index contributed by atoms with van der Waals surface area (Å²) in [4.78, 5) is 12.0. The van der Waals surface area contributed by atoms with E-state index in [1.165, 1.54) is 23.9 Å². The third kappa shape index (κ3) is 7.21. The van der Waals surface area contributed by atoms with Crippen LogP contribution in [-0.2, 0) is 11.3 Å². The maximum Gasteiger partial charge on any atom is 0.304 e. The molecule has 1 unspecified atom stereocenters. The first-order chi connectivity index (χ1) is 15.0. The number of aryl methyl sites for hydroxylation is 1. The van der Waals surface area contributed by atoms with Crippen molar-refractivity contribution in [1.82, 2.24) is 4.57 Å². The minimum Gasteiger partial charge on any atom is -0.481 e. The van der Waals surface area contributed by atoms with E-state index in [-0.39, 0.29) is 12.3 Å². The van der Waals surface area contributed by atoms with Crippen LogP contribution in [0.4, 0.5) is 4.39 Å². The largest absolute Gasteiger partial charge is 0.481 e. The van der Waals surface area contributed by atoms with Gasteiger partial charge in [-0.2, -0.15) is 5.26 Å². The number of hydrogen-bond donors (Lipinski definition) is 1. The van der Waals surface area contributed by atoms with Crippen LogP contribution in [0.25, 0.3) is 10.9 Å². The molecule has 1 atom stereocenters. The van der Waals surface area contributed by atoms with E-state index < -0.39 is 11.8 Å². The molecule has 0 amide bonds. The molecule has 1 aromatic heterocycles. The maximum atomic E-state index is 13.8. The molecule has 1 aromatic carbocycles. The molecule has 31 heavy (non-hydrogen) atoms. The number of carboxylic acid groups (broad SMARTS) is 1. The smallest absolute Gasteiger partial charge is 0.304 e. The number of aromatic nitrogens is 1. The monoisotopic (exact) mass is 462 g/mol. The fourth-order valence-electron chi connectivity index (χ4n) is 3.25. The van der Waals surface area contributed by atoms with Crippen molar-refractivity contribution in [2.45, 2.75) is 51.0 Å². The number of benzene rings is 1. The van der Waals surface area contributed by atoms with Crippen LogP contribution in [0, 0.1) is 30.0 Å². The fraction of sp³-hybridized carbons (Fsp3) is 0.333. The van der Waals surface area contributed by atoms with Gasteiger partial charge in [0.15, 0.2) is 0 Å². The first kappa shape index (κ1) is 28.3. The highest BCUT2D eigenvalue weighted by molar-refractivity contribution is 8.02. The molecule has 1 N–H and O–H groups in total. The Balaban J connectivity index is 0.000000992. The molecule has 0 radical (unpaired) electrons. The topological polar surface area (TPSA) is 66.0 Å². The van der Waals surface area contributed by atoms with Gasteiger partial charge in [-0.15, -0.1) is 31.0 Å². The SMILES string of the molecule is C#C.C/C=C/Sc1c2n(c3cc(F)cc(C#N)c13)CCC2CC(=O)O.C=CCCl.CC. The molecule has 7 heteroatoms. The quantitative estimate of drug-likeness (QED) is 0.226. The summed E-state index contributed by atoms with van der Waals surface area (Å²) in [6.07, 6.45) is 12.3. The van der Waals surface area contributed by atoms with Gasteiger partial charge in [-0.1, -0.05) is 37.8 Å². The summed E-state index contributed by atoms with van der Waals surface area (Å²) in [5.74, 6) is -0.844. The summed E-state index contributed by atoms with van der Waals surface area (Å²) in [7, 11) is 0. The lowest BCUT2D eigenvalue weighted by molar-refractivity contribution is -0.137. The van der Waals surface area contributed by atoms with Crippen molar-refractivity contribution >= 4 is 40.2 Å². The molecule has 3 rings (SSSR count). The highest BCUT2D eigenvalue weighted by Crippen LogP contribution is 2.46. The van der Waals surface area contributed by atoms with E-state index in [1.807, 2.05) is 36.8 Å². The molecule has 0 saturated heterocycles. The lowest BCUT2D eigenvalue weighted by Crippen LogP contribution is -2.04. The van der Waals surface area contributed by atoms with Gasteiger partial charge in [-0.05, 0) is 30.9 Å². The van der Waals surface area contributed by atoms with Gasteiger partial charge in [0.2, 0.25) is 0 Å². The van der Waals surface area contributed by atoms with Gasteiger partial charge in [-0.3, -0.25) is 4.79 Å². The van der Waals surface area contributed by atoms with Crippen molar-refractivity contribution in [3.8, 4) is 18.9 Å². The van der Waals surface area contributed by atoms with Crippen molar-refractivity contribution in [3.63, 3.8) is 0 Å². The number of terminal acetylenes is 1. The first-order valence-electron chi connectivity index (χ1n) is 9.73. The Morgan fingerprint density at radius 3 is 2.58 bits per heavy atom. The second kappa shape index (κ2) is 15.2. The van der Waals surface area contributed by atoms with E-state index in [1.54, 1.807) is 6.08 Å². The van der Waals surface area contributed by atoms with E-state index in [4.69, 9.17) is 16.7 Å². The molecule has 2 heterocycles. The number of carbonyl (C=O) groups is 1. The van der Waals surface area contributed by atoms with Gasteiger partial charge < -0.3 is 9.67 Å². The van der Waals surface area contributed by atoms with E-state index in [2.05, 4.69) is 25.5 Å². The van der Waals surface area contributed by atoms with E-state index in [0.717, 1.165) is 22.4 Å². The highest BCUT2D eigenvalue weighted by atomic mass is 35.5. The number of aliphatic carboxylic acids is 1. The average Bonchev–Trinajstić information content (AvgIpc) is 3.33. The second-order valence-electron chi connectivity index (χ2n) is 5.94. The van der Waals surface area contributed by atoms with E-state index >= 15 is 0 Å². The van der Waals surface area contributed by atoms with Crippen LogP contribution in [0.15, 0.2) is 41.2 Å². The zero-order chi connectivity index (χ0) is 24.0. The predicted octanol–water partition coefficient (Wildman–Crippen LogP) is 6.93. The van der Waals surface area contributed by atoms with Crippen LogP contribution >= 0.6 is 23.4 Å². The summed E-state index contributed by atoms with van der Waals surface area (Å²) >= 11 is 6.53. The van der Waals surface area contributed by atoms with Crippen LogP contribution in [0.3, 0.4) is 0 Å². The van der Waals surface area contributed by atoms with Gasteiger partial charge in [0, 0.05) is 34.3 Å². The summed E-state index contributed by atoms with van der Waals surface area (Å²) in [6.45, 7) is 9.89. The third-order valence-electron chi connectivity index (χ3n) is 4.18. The molecule has 0 saturated carbocycles. The third-order valence-corrected chi connectivity index (χ3v) is 5.46. The molecule has 2 aromatic rings. The summed E-state index contributed by atoms with van der Waals surface area (Å²) in [5, 5.41) is 21.1. The number of nitriles is 1. The molecule has 4 nitrogen and oxygen atoms in total. The minimum atomic E-state index is -0.845.